The Morgan fingerprint density at radius 1 is 1.11 bits per heavy atom. The van der Waals surface area contributed by atoms with Crippen LogP contribution in [-0.4, -0.2) is 32.1 Å². The molecule has 3 heterocycles. The quantitative estimate of drug-likeness (QED) is 0.413. The number of aromatic nitrogens is 3. The smallest absolute Gasteiger partial charge is 0.324 e. The molecule has 2 aromatic heterocycles. The molecule has 1 aliphatic heterocycles. The van der Waals surface area contributed by atoms with Gasteiger partial charge in [0, 0.05) is 36.2 Å². The summed E-state index contributed by atoms with van der Waals surface area (Å²) in [6, 6.07) is 20.1. The third-order valence-corrected chi connectivity index (χ3v) is 6.09. The zero-order chi connectivity index (χ0) is 24.6. The Morgan fingerprint density at radius 2 is 1.86 bits per heavy atom. The van der Waals surface area contributed by atoms with Gasteiger partial charge in [-0.25, -0.2) is 4.98 Å². The molecule has 0 aliphatic carbocycles. The molecule has 7 heteroatoms. The Morgan fingerprint density at radius 3 is 2.63 bits per heavy atom. The number of esters is 1. The molecule has 4 aromatic rings. The minimum absolute atomic E-state index is 0.260. The molecule has 1 unspecified atom stereocenters. The minimum Gasteiger partial charge on any atom is -0.459 e. The molecular formula is C28H31N5O2. The lowest BCUT2D eigenvalue weighted by Crippen LogP contribution is -2.45. The van der Waals surface area contributed by atoms with Crippen molar-refractivity contribution in [2.24, 2.45) is 0 Å². The second-order valence-corrected chi connectivity index (χ2v) is 9.99. The number of carbonyl (C=O) groups excluding carboxylic acids is 1. The molecular weight excluding hydrogens is 438 g/mol. The molecule has 0 amide bonds. The normalized spacial score (nSPS) is 15.6. The fraction of sp³-hybridized carbons (Fsp3) is 0.321. The number of hydrogen-bond acceptors (Lipinski definition) is 6. The van der Waals surface area contributed by atoms with E-state index in [-0.39, 0.29) is 5.97 Å². The topological polar surface area (TPSA) is 81.1 Å². The molecule has 1 aliphatic rings. The number of aryl methyl sites for hydroxylation is 1. The predicted octanol–water partition coefficient (Wildman–Crippen LogP) is 4.70. The van der Waals surface area contributed by atoms with E-state index in [2.05, 4.69) is 52.5 Å². The highest BCUT2D eigenvalue weighted by molar-refractivity contribution is 5.83. The Bertz CT molecular complexity index is 1370. The van der Waals surface area contributed by atoms with Crippen LogP contribution in [0.1, 0.15) is 43.3 Å². The zero-order valence-electron chi connectivity index (χ0n) is 20.6. The van der Waals surface area contributed by atoms with Gasteiger partial charge < -0.3 is 10.1 Å². The van der Waals surface area contributed by atoms with E-state index in [9.17, 15) is 4.79 Å². The fourth-order valence-corrected chi connectivity index (χ4v) is 4.49. The average Bonchev–Trinajstić information content (AvgIpc) is 3.17. The first-order chi connectivity index (χ1) is 16.8. The van der Waals surface area contributed by atoms with Gasteiger partial charge in [0.15, 0.2) is 0 Å². The van der Waals surface area contributed by atoms with Crippen LogP contribution in [0.15, 0.2) is 60.7 Å². The van der Waals surface area contributed by atoms with Crippen LogP contribution >= 0.6 is 0 Å². The molecule has 1 atom stereocenters. The highest BCUT2D eigenvalue weighted by Gasteiger charge is 2.31. The van der Waals surface area contributed by atoms with Crippen LogP contribution in [0.25, 0.3) is 16.9 Å². The van der Waals surface area contributed by atoms with Gasteiger partial charge in [-0.05, 0) is 45.4 Å². The number of benzene rings is 2. The SMILES string of the molecule is Cc1cc2ccccc2n1-c1nc2c(c(NCc3ccccc3)n1)CNC(C(=O)OC(C)(C)C)C2. The van der Waals surface area contributed by atoms with E-state index in [0.717, 1.165) is 33.7 Å². The van der Waals surface area contributed by atoms with E-state index < -0.39 is 11.6 Å². The molecule has 0 bridgehead atoms. The first-order valence-electron chi connectivity index (χ1n) is 12.0. The number of carbonyl (C=O) groups is 1. The summed E-state index contributed by atoms with van der Waals surface area (Å²) in [5.74, 6) is 1.12. The molecule has 0 saturated carbocycles. The number of fused-ring (bicyclic) bond motifs is 2. The first-order valence-corrected chi connectivity index (χ1v) is 12.0. The van der Waals surface area contributed by atoms with E-state index in [1.54, 1.807) is 0 Å². The lowest BCUT2D eigenvalue weighted by atomic mass is 10.0. The Balaban J connectivity index is 1.55. The lowest BCUT2D eigenvalue weighted by Gasteiger charge is -2.29. The van der Waals surface area contributed by atoms with Crippen LogP contribution in [-0.2, 0) is 29.0 Å². The molecule has 0 saturated heterocycles. The number of para-hydroxylation sites is 1. The van der Waals surface area contributed by atoms with Crippen molar-refractivity contribution in [3.8, 4) is 5.95 Å². The van der Waals surface area contributed by atoms with Crippen LogP contribution < -0.4 is 10.6 Å². The lowest BCUT2D eigenvalue weighted by molar-refractivity contribution is -0.157. The predicted molar refractivity (Wildman–Crippen MR) is 138 cm³/mol. The maximum atomic E-state index is 12.8. The number of rotatable bonds is 5. The van der Waals surface area contributed by atoms with Crippen molar-refractivity contribution in [1.29, 1.82) is 0 Å². The maximum Gasteiger partial charge on any atom is 0.324 e. The molecule has 180 valence electrons. The van der Waals surface area contributed by atoms with Crippen LogP contribution in [0.5, 0.6) is 0 Å². The number of hydrogen-bond donors (Lipinski definition) is 2. The van der Waals surface area contributed by atoms with Gasteiger partial charge in [0.2, 0.25) is 5.95 Å². The average molecular weight is 470 g/mol. The number of nitrogens with zero attached hydrogens (tertiary/aromatic N) is 3. The van der Waals surface area contributed by atoms with E-state index in [0.29, 0.717) is 25.5 Å². The largest absolute Gasteiger partial charge is 0.459 e. The summed E-state index contributed by atoms with van der Waals surface area (Å²) in [5.41, 5.74) is 4.57. The van der Waals surface area contributed by atoms with Gasteiger partial charge in [0.05, 0.1) is 11.2 Å². The van der Waals surface area contributed by atoms with Crippen molar-refractivity contribution in [3.05, 3.63) is 83.2 Å². The van der Waals surface area contributed by atoms with Gasteiger partial charge in [-0.1, -0.05) is 48.5 Å². The minimum atomic E-state index is -0.542. The van der Waals surface area contributed by atoms with Crippen molar-refractivity contribution in [3.63, 3.8) is 0 Å². The van der Waals surface area contributed by atoms with E-state index in [4.69, 9.17) is 14.7 Å². The number of nitrogens with one attached hydrogen (secondary N) is 2. The summed E-state index contributed by atoms with van der Waals surface area (Å²) >= 11 is 0. The number of anilines is 1. The second-order valence-electron chi connectivity index (χ2n) is 9.99. The van der Waals surface area contributed by atoms with E-state index in [1.165, 1.54) is 5.56 Å². The molecule has 0 fully saturated rings. The summed E-state index contributed by atoms with van der Waals surface area (Å²) in [4.78, 5) is 22.8. The second kappa shape index (κ2) is 9.15. The highest BCUT2D eigenvalue weighted by atomic mass is 16.6. The zero-order valence-corrected chi connectivity index (χ0v) is 20.6. The summed E-state index contributed by atoms with van der Waals surface area (Å²) < 4.78 is 7.72. The van der Waals surface area contributed by atoms with Crippen LogP contribution in [0, 0.1) is 6.92 Å². The van der Waals surface area contributed by atoms with Gasteiger partial charge in [0.1, 0.15) is 17.5 Å². The highest BCUT2D eigenvalue weighted by Crippen LogP contribution is 2.28. The van der Waals surface area contributed by atoms with Crippen LogP contribution in [0.3, 0.4) is 0 Å². The standard InChI is InChI=1S/C28H31N5O2/c1-18-14-20-12-8-9-13-24(20)33(18)27-31-22-15-23(26(34)35-28(2,3)4)29-17-21(22)25(32-27)30-16-19-10-6-5-7-11-19/h5-14,23,29H,15-17H2,1-4H3,(H,30,31,32). The van der Waals surface area contributed by atoms with Gasteiger partial charge in [-0.3, -0.25) is 14.7 Å². The van der Waals surface area contributed by atoms with Gasteiger partial charge in [-0.2, -0.15) is 4.98 Å². The fourth-order valence-electron chi connectivity index (χ4n) is 4.49. The summed E-state index contributed by atoms with van der Waals surface area (Å²) in [6.07, 6.45) is 0.442. The van der Waals surface area contributed by atoms with Crippen molar-refractivity contribution in [2.45, 2.75) is 58.8 Å². The van der Waals surface area contributed by atoms with Gasteiger partial charge >= 0.3 is 5.97 Å². The Kier molecular flexibility index (Phi) is 6.03. The monoisotopic (exact) mass is 469 g/mol. The van der Waals surface area contributed by atoms with Crippen LogP contribution in [0.2, 0.25) is 0 Å². The third-order valence-electron chi connectivity index (χ3n) is 6.09. The number of ether oxygens (including phenoxy) is 1. The summed E-state index contributed by atoms with van der Waals surface area (Å²) in [7, 11) is 0. The summed E-state index contributed by atoms with van der Waals surface area (Å²) in [5, 5.41) is 7.99. The molecule has 0 spiro atoms. The maximum absolute atomic E-state index is 12.8. The summed E-state index contributed by atoms with van der Waals surface area (Å²) in [6.45, 7) is 8.84. The molecule has 0 radical (unpaired) electrons. The molecule has 35 heavy (non-hydrogen) atoms. The Labute approximate surface area is 205 Å². The Hall–Kier alpha value is -3.71. The molecule has 5 rings (SSSR count). The molecule has 2 N–H and O–H groups in total. The van der Waals surface area contributed by atoms with E-state index in [1.807, 2.05) is 51.1 Å². The van der Waals surface area contributed by atoms with E-state index >= 15 is 0 Å². The van der Waals surface area contributed by atoms with Crippen molar-refractivity contribution in [2.75, 3.05) is 5.32 Å². The van der Waals surface area contributed by atoms with Crippen molar-refractivity contribution >= 4 is 22.7 Å². The van der Waals surface area contributed by atoms with Gasteiger partial charge in [0.25, 0.3) is 0 Å². The van der Waals surface area contributed by atoms with Crippen molar-refractivity contribution < 1.29 is 9.53 Å². The molecule has 2 aromatic carbocycles. The third kappa shape index (κ3) is 4.91. The van der Waals surface area contributed by atoms with Gasteiger partial charge in [-0.15, -0.1) is 0 Å². The van der Waals surface area contributed by atoms with Crippen molar-refractivity contribution in [1.82, 2.24) is 19.9 Å². The van der Waals surface area contributed by atoms with Crippen LogP contribution in [0.4, 0.5) is 5.82 Å². The molecule has 7 nitrogen and oxygen atoms in total. The first kappa shape index (κ1) is 23.1.